The maximum atomic E-state index is 12.1. The number of halogens is 1. The highest BCUT2D eigenvalue weighted by atomic mass is 127. The first kappa shape index (κ1) is 15.2. The predicted molar refractivity (Wildman–Crippen MR) is 86.7 cm³/mol. The predicted octanol–water partition coefficient (Wildman–Crippen LogP) is 3.12. The van der Waals surface area contributed by atoms with E-state index in [1.807, 2.05) is 24.3 Å². The molecule has 0 aromatic heterocycles. The number of Topliss-reactive ketones (excluding diaryl/α,β-unsaturated/α-hetero) is 1. The van der Waals surface area contributed by atoms with Crippen LogP contribution in [0.15, 0.2) is 53.4 Å². The van der Waals surface area contributed by atoms with Gasteiger partial charge in [0, 0.05) is 21.8 Å². The summed E-state index contributed by atoms with van der Waals surface area (Å²) in [4.78, 5) is 12.3. The summed E-state index contributed by atoms with van der Waals surface area (Å²) in [6.07, 6.45) is 1.46. The fourth-order valence-corrected chi connectivity index (χ4v) is 2.77. The van der Waals surface area contributed by atoms with Crippen LogP contribution in [0.2, 0.25) is 0 Å². The molecule has 0 fully saturated rings. The van der Waals surface area contributed by atoms with Gasteiger partial charge in [-0.25, -0.2) is 8.42 Å². The van der Waals surface area contributed by atoms with E-state index in [1.165, 1.54) is 12.1 Å². The Morgan fingerprint density at radius 1 is 1.00 bits per heavy atom. The lowest BCUT2D eigenvalue weighted by Crippen LogP contribution is -2.04. The molecule has 0 aliphatic rings. The smallest absolute Gasteiger partial charge is 0.175 e. The quantitative estimate of drug-likeness (QED) is 0.586. The normalized spacial score (nSPS) is 11.3. The van der Waals surface area contributed by atoms with Gasteiger partial charge < -0.3 is 0 Å². The van der Waals surface area contributed by atoms with Crippen LogP contribution in [0.3, 0.4) is 0 Å². The van der Waals surface area contributed by atoms with Crippen molar-refractivity contribution in [2.45, 2.75) is 11.3 Å². The van der Waals surface area contributed by atoms with Gasteiger partial charge >= 0.3 is 0 Å². The van der Waals surface area contributed by atoms with E-state index in [4.69, 9.17) is 0 Å². The minimum atomic E-state index is -3.22. The molecule has 2 aromatic rings. The third-order valence-corrected chi connectivity index (χ3v) is 4.73. The number of sulfone groups is 1. The molecule has 0 amide bonds. The third-order valence-electron chi connectivity index (χ3n) is 2.88. The zero-order valence-corrected chi connectivity index (χ0v) is 13.8. The summed E-state index contributed by atoms with van der Waals surface area (Å²) in [5.41, 5.74) is 1.47. The lowest BCUT2D eigenvalue weighted by atomic mass is 10.0. The Balaban J connectivity index is 2.15. The molecule has 0 heterocycles. The minimum Gasteiger partial charge on any atom is -0.294 e. The summed E-state index contributed by atoms with van der Waals surface area (Å²) in [7, 11) is -3.22. The number of hydrogen-bond donors (Lipinski definition) is 0. The molecule has 0 atom stereocenters. The summed E-state index contributed by atoms with van der Waals surface area (Å²) in [6.45, 7) is 0. The van der Waals surface area contributed by atoms with Gasteiger partial charge in [-0.15, -0.1) is 0 Å². The van der Waals surface area contributed by atoms with Crippen molar-refractivity contribution in [3.05, 3.63) is 63.2 Å². The third kappa shape index (κ3) is 3.89. The zero-order valence-electron chi connectivity index (χ0n) is 10.8. The monoisotopic (exact) mass is 400 g/mol. The molecular weight excluding hydrogens is 387 g/mol. The van der Waals surface area contributed by atoms with E-state index in [0.717, 1.165) is 15.4 Å². The van der Waals surface area contributed by atoms with Crippen LogP contribution >= 0.6 is 22.6 Å². The Labute approximate surface area is 132 Å². The van der Waals surface area contributed by atoms with Crippen molar-refractivity contribution in [2.75, 3.05) is 6.26 Å². The molecule has 20 heavy (non-hydrogen) atoms. The van der Waals surface area contributed by atoms with Crippen molar-refractivity contribution in [3.8, 4) is 0 Å². The van der Waals surface area contributed by atoms with E-state index in [-0.39, 0.29) is 10.7 Å². The molecule has 0 saturated carbocycles. The zero-order chi connectivity index (χ0) is 14.8. The van der Waals surface area contributed by atoms with E-state index in [1.54, 1.807) is 12.1 Å². The molecule has 0 spiro atoms. The number of carbonyl (C=O) groups excluding carboxylic acids is 1. The highest BCUT2D eigenvalue weighted by molar-refractivity contribution is 14.1. The maximum Gasteiger partial charge on any atom is 0.175 e. The van der Waals surface area contributed by atoms with E-state index in [9.17, 15) is 13.2 Å². The summed E-state index contributed by atoms with van der Waals surface area (Å²) >= 11 is 2.21. The second-order valence-corrected chi connectivity index (χ2v) is 7.78. The van der Waals surface area contributed by atoms with Crippen LogP contribution in [0.25, 0.3) is 0 Å². The van der Waals surface area contributed by atoms with E-state index in [0.29, 0.717) is 12.0 Å². The first-order valence-electron chi connectivity index (χ1n) is 5.94. The molecule has 104 valence electrons. The number of hydrogen-bond acceptors (Lipinski definition) is 3. The molecule has 0 aliphatic heterocycles. The van der Waals surface area contributed by atoms with Crippen molar-refractivity contribution in [2.24, 2.45) is 0 Å². The minimum absolute atomic E-state index is 0.0220. The highest BCUT2D eigenvalue weighted by Crippen LogP contribution is 2.13. The first-order valence-corrected chi connectivity index (χ1v) is 8.91. The molecule has 0 unspecified atom stereocenters. The average molecular weight is 400 g/mol. The van der Waals surface area contributed by atoms with Crippen LogP contribution in [0, 0.1) is 3.57 Å². The van der Waals surface area contributed by atoms with Crippen LogP contribution < -0.4 is 0 Å². The summed E-state index contributed by atoms with van der Waals surface area (Å²) in [6, 6.07) is 13.8. The molecule has 0 radical (unpaired) electrons. The van der Waals surface area contributed by atoms with Crippen molar-refractivity contribution >= 4 is 38.2 Å². The van der Waals surface area contributed by atoms with Crippen LogP contribution in [0.4, 0.5) is 0 Å². The van der Waals surface area contributed by atoms with E-state index < -0.39 is 9.84 Å². The molecule has 0 aliphatic carbocycles. The molecule has 3 nitrogen and oxygen atoms in total. The maximum absolute atomic E-state index is 12.1. The Morgan fingerprint density at radius 3 is 2.05 bits per heavy atom. The van der Waals surface area contributed by atoms with E-state index >= 15 is 0 Å². The molecule has 2 rings (SSSR count). The van der Waals surface area contributed by atoms with Crippen LogP contribution in [-0.2, 0) is 16.3 Å². The van der Waals surface area contributed by atoms with Gasteiger partial charge in [-0.05, 0) is 52.4 Å². The summed E-state index contributed by atoms with van der Waals surface area (Å²) in [5.74, 6) is -0.0220. The summed E-state index contributed by atoms with van der Waals surface area (Å²) in [5, 5.41) is 0. The number of ketones is 1. The fraction of sp³-hybridized carbons (Fsp3) is 0.133. The summed E-state index contributed by atoms with van der Waals surface area (Å²) < 4.78 is 23.8. The highest BCUT2D eigenvalue weighted by Gasteiger charge is 2.10. The van der Waals surface area contributed by atoms with Gasteiger partial charge in [0.05, 0.1) is 4.90 Å². The fourth-order valence-electron chi connectivity index (χ4n) is 1.78. The molecule has 2 aromatic carbocycles. The van der Waals surface area contributed by atoms with Crippen molar-refractivity contribution < 1.29 is 13.2 Å². The van der Waals surface area contributed by atoms with Crippen LogP contribution in [0.1, 0.15) is 15.9 Å². The van der Waals surface area contributed by atoms with Crippen LogP contribution in [0.5, 0.6) is 0 Å². The lowest BCUT2D eigenvalue weighted by Gasteiger charge is -2.03. The molecular formula is C15H13IO3S. The van der Waals surface area contributed by atoms with Gasteiger partial charge in [-0.2, -0.15) is 0 Å². The largest absolute Gasteiger partial charge is 0.294 e. The molecule has 0 bridgehead atoms. The van der Waals surface area contributed by atoms with E-state index in [2.05, 4.69) is 22.6 Å². The Bertz CT molecular complexity index is 717. The number of benzene rings is 2. The lowest BCUT2D eigenvalue weighted by molar-refractivity contribution is 0.0993. The number of rotatable bonds is 4. The Hall–Kier alpha value is -1.21. The van der Waals surface area contributed by atoms with Gasteiger partial charge in [-0.3, -0.25) is 4.79 Å². The second kappa shape index (κ2) is 6.05. The number of carbonyl (C=O) groups is 1. The van der Waals surface area contributed by atoms with Crippen molar-refractivity contribution in [1.29, 1.82) is 0 Å². The van der Waals surface area contributed by atoms with Gasteiger partial charge in [0.2, 0.25) is 0 Å². The second-order valence-electron chi connectivity index (χ2n) is 4.52. The van der Waals surface area contributed by atoms with Gasteiger partial charge in [0.1, 0.15) is 0 Å². The molecule has 5 heteroatoms. The Morgan fingerprint density at radius 2 is 1.55 bits per heavy atom. The molecule has 0 N–H and O–H groups in total. The average Bonchev–Trinajstić information content (AvgIpc) is 2.40. The SMILES string of the molecule is CS(=O)(=O)c1ccc(C(=O)Cc2ccc(I)cc2)cc1. The first-order chi connectivity index (χ1) is 9.36. The van der Waals surface area contributed by atoms with Gasteiger partial charge in [0.15, 0.2) is 15.6 Å². The van der Waals surface area contributed by atoms with Gasteiger partial charge in [0.25, 0.3) is 0 Å². The topological polar surface area (TPSA) is 51.2 Å². The van der Waals surface area contributed by atoms with Gasteiger partial charge in [-0.1, -0.05) is 24.3 Å². The van der Waals surface area contributed by atoms with Crippen molar-refractivity contribution in [3.63, 3.8) is 0 Å². The Kier molecular flexibility index (Phi) is 4.59. The standard InChI is InChI=1S/C15H13IO3S/c1-20(18,19)14-8-4-12(5-9-14)15(17)10-11-2-6-13(16)7-3-11/h2-9H,10H2,1H3. The van der Waals surface area contributed by atoms with Crippen LogP contribution in [-0.4, -0.2) is 20.5 Å². The molecule has 0 saturated heterocycles. The van der Waals surface area contributed by atoms with Crippen molar-refractivity contribution in [1.82, 2.24) is 0 Å².